The summed E-state index contributed by atoms with van der Waals surface area (Å²) in [6.07, 6.45) is 0. The van der Waals surface area contributed by atoms with E-state index in [1.54, 1.807) is 13.2 Å². The third kappa shape index (κ3) is 4.83. The third-order valence-corrected chi connectivity index (χ3v) is 5.92. The predicted octanol–water partition coefficient (Wildman–Crippen LogP) is 5.29. The number of nitrogens with zero attached hydrogens (tertiary/aromatic N) is 3. The summed E-state index contributed by atoms with van der Waals surface area (Å²) in [4.78, 5) is 28.0. The van der Waals surface area contributed by atoms with Gasteiger partial charge in [-0.15, -0.1) is 0 Å². The van der Waals surface area contributed by atoms with Crippen LogP contribution in [0.5, 0.6) is 5.75 Å². The van der Waals surface area contributed by atoms with E-state index in [0.717, 1.165) is 22.5 Å². The number of nitro groups is 1. The van der Waals surface area contributed by atoms with Crippen LogP contribution in [-0.4, -0.2) is 33.2 Å². The van der Waals surface area contributed by atoms with Crippen molar-refractivity contribution in [3.8, 4) is 11.4 Å². The number of imidazole rings is 1. The zero-order valence-electron chi connectivity index (χ0n) is 18.4. The monoisotopic (exact) mass is 462 g/mol. The fourth-order valence-electron chi connectivity index (χ4n) is 3.68. The van der Waals surface area contributed by atoms with E-state index in [-0.39, 0.29) is 17.3 Å². The number of amides is 1. The normalized spacial score (nSPS) is 10.9. The molecule has 0 radical (unpaired) electrons. The van der Waals surface area contributed by atoms with Gasteiger partial charge in [-0.3, -0.25) is 19.5 Å². The lowest BCUT2D eigenvalue weighted by Gasteiger charge is -2.13. The molecule has 1 heterocycles. The Labute approximate surface area is 194 Å². The van der Waals surface area contributed by atoms with E-state index >= 15 is 0 Å². The molecule has 0 atom stereocenters. The van der Waals surface area contributed by atoms with Crippen molar-refractivity contribution in [3.63, 3.8) is 0 Å². The van der Waals surface area contributed by atoms with Crippen molar-refractivity contribution in [3.05, 3.63) is 81.9 Å². The number of benzene rings is 3. The summed E-state index contributed by atoms with van der Waals surface area (Å²) in [6.45, 7) is 3.96. The molecule has 0 bridgehead atoms. The van der Waals surface area contributed by atoms with Crippen LogP contribution in [0.1, 0.15) is 11.1 Å². The van der Waals surface area contributed by atoms with Crippen molar-refractivity contribution in [2.45, 2.75) is 19.0 Å². The van der Waals surface area contributed by atoms with Crippen molar-refractivity contribution < 1.29 is 14.5 Å². The second-order valence-electron chi connectivity index (χ2n) is 7.55. The first-order valence-corrected chi connectivity index (χ1v) is 11.2. The second kappa shape index (κ2) is 9.33. The van der Waals surface area contributed by atoms with Crippen molar-refractivity contribution in [1.82, 2.24) is 9.55 Å². The third-order valence-electron chi connectivity index (χ3n) is 4.98. The van der Waals surface area contributed by atoms with Gasteiger partial charge in [-0.1, -0.05) is 30.0 Å². The van der Waals surface area contributed by atoms with Crippen molar-refractivity contribution in [1.29, 1.82) is 0 Å². The average molecular weight is 463 g/mol. The average Bonchev–Trinajstić information content (AvgIpc) is 3.14. The van der Waals surface area contributed by atoms with Crippen molar-refractivity contribution >= 4 is 40.1 Å². The van der Waals surface area contributed by atoms with Crippen LogP contribution in [0.2, 0.25) is 0 Å². The summed E-state index contributed by atoms with van der Waals surface area (Å²) in [5.41, 5.74) is 4.71. The number of non-ortho nitro benzene ring substituents is 1. The number of aryl methyl sites for hydroxylation is 2. The lowest BCUT2D eigenvalue weighted by molar-refractivity contribution is -0.384. The summed E-state index contributed by atoms with van der Waals surface area (Å²) in [5.74, 6) is 0.569. The van der Waals surface area contributed by atoms with Crippen LogP contribution in [0.4, 0.5) is 11.4 Å². The van der Waals surface area contributed by atoms with Crippen LogP contribution in [0.15, 0.2) is 65.8 Å². The molecule has 3 aromatic carbocycles. The van der Waals surface area contributed by atoms with Crippen LogP contribution in [0.3, 0.4) is 0 Å². The Bertz CT molecular complexity index is 1350. The van der Waals surface area contributed by atoms with E-state index in [1.165, 1.54) is 23.9 Å². The van der Waals surface area contributed by atoms with Crippen LogP contribution < -0.4 is 10.1 Å². The van der Waals surface area contributed by atoms with E-state index < -0.39 is 4.92 Å². The van der Waals surface area contributed by atoms with Crippen LogP contribution in [-0.2, 0) is 4.79 Å². The molecule has 0 saturated heterocycles. The number of rotatable bonds is 7. The smallest absolute Gasteiger partial charge is 0.271 e. The first-order chi connectivity index (χ1) is 15.9. The number of methoxy groups -OCH3 is 1. The zero-order valence-corrected chi connectivity index (χ0v) is 19.2. The Morgan fingerprint density at radius 3 is 2.55 bits per heavy atom. The fourth-order valence-corrected chi connectivity index (χ4v) is 4.50. The topological polar surface area (TPSA) is 99.3 Å². The molecule has 4 rings (SSSR count). The van der Waals surface area contributed by atoms with Gasteiger partial charge in [-0.25, -0.2) is 4.98 Å². The molecular formula is C24H22N4O4S. The molecule has 0 aliphatic rings. The Kier molecular flexibility index (Phi) is 6.32. The lowest BCUT2D eigenvalue weighted by Crippen LogP contribution is -2.14. The number of fused-ring (bicyclic) bond motifs is 1. The number of nitrogens with one attached hydrogen (secondary N) is 1. The Hall–Kier alpha value is -3.85. The van der Waals surface area contributed by atoms with Gasteiger partial charge < -0.3 is 10.1 Å². The molecule has 8 nitrogen and oxygen atoms in total. The van der Waals surface area contributed by atoms with Gasteiger partial charge in [0, 0.05) is 17.8 Å². The highest BCUT2D eigenvalue weighted by Gasteiger charge is 2.19. The number of carbonyl (C=O) groups is 1. The van der Waals surface area contributed by atoms with Crippen molar-refractivity contribution in [2.75, 3.05) is 18.2 Å². The maximum atomic E-state index is 12.7. The SMILES string of the molecule is COc1ccccc1-n1c(SCC(=O)Nc2cc(C)cc(C)c2)nc2cc([N+](=O)[O-])ccc21. The second-order valence-corrected chi connectivity index (χ2v) is 8.49. The summed E-state index contributed by atoms with van der Waals surface area (Å²) in [7, 11) is 1.58. The molecule has 4 aromatic rings. The maximum Gasteiger partial charge on any atom is 0.271 e. The molecule has 0 aliphatic carbocycles. The standard InChI is InChI=1S/C24H22N4O4S/c1-15-10-16(2)12-17(11-15)25-23(29)14-33-24-26-19-13-18(28(30)31)8-9-20(19)27(24)21-6-4-5-7-22(21)32-3/h4-13H,14H2,1-3H3,(H,25,29). The maximum absolute atomic E-state index is 12.7. The molecule has 9 heteroatoms. The number of nitro benzene ring substituents is 1. The van der Waals surface area contributed by atoms with E-state index in [9.17, 15) is 14.9 Å². The molecule has 0 saturated carbocycles. The minimum atomic E-state index is -0.453. The van der Waals surface area contributed by atoms with Crippen molar-refractivity contribution in [2.24, 2.45) is 0 Å². The van der Waals surface area contributed by atoms with Gasteiger partial charge in [-0.2, -0.15) is 0 Å². The van der Waals surface area contributed by atoms with Gasteiger partial charge in [0.2, 0.25) is 5.91 Å². The highest BCUT2D eigenvalue weighted by molar-refractivity contribution is 7.99. The highest BCUT2D eigenvalue weighted by Crippen LogP contribution is 2.33. The lowest BCUT2D eigenvalue weighted by atomic mass is 10.1. The Morgan fingerprint density at radius 2 is 1.85 bits per heavy atom. The van der Waals surface area contributed by atoms with Gasteiger partial charge in [0.05, 0.1) is 34.5 Å². The van der Waals surface area contributed by atoms with Crippen LogP contribution in [0, 0.1) is 24.0 Å². The van der Waals surface area contributed by atoms with E-state index in [4.69, 9.17) is 4.74 Å². The highest BCUT2D eigenvalue weighted by atomic mass is 32.2. The number of hydrogen-bond donors (Lipinski definition) is 1. The first-order valence-electron chi connectivity index (χ1n) is 10.2. The summed E-state index contributed by atoms with van der Waals surface area (Å²) in [5, 5.41) is 14.7. The molecule has 1 N–H and O–H groups in total. The number of carbonyl (C=O) groups excluding carboxylic acids is 1. The van der Waals surface area contributed by atoms with Gasteiger partial charge in [0.15, 0.2) is 5.16 Å². The number of aromatic nitrogens is 2. The van der Waals surface area contributed by atoms with Gasteiger partial charge in [0.25, 0.3) is 5.69 Å². The summed E-state index contributed by atoms with van der Waals surface area (Å²) >= 11 is 1.25. The summed E-state index contributed by atoms with van der Waals surface area (Å²) in [6, 6.07) is 17.8. The minimum Gasteiger partial charge on any atom is -0.495 e. The summed E-state index contributed by atoms with van der Waals surface area (Å²) < 4.78 is 7.37. The molecule has 0 aliphatic heterocycles. The molecule has 0 fully saturated rings. The van der Waals surface area contributed by atoms with Gasteiger partial charge >= 0.3 is 0 Å². The molecule has 168 valence electrons. The Morgan fingerprint density at radius 1 is 1.12 bits per heavy atom. The molecule has 1 amide bonds. The molecule has 0 spiro atoms. The molecule has 33 heavy (non-hydrogen) atoms. The molecule has 1 aromatic heterocycles. The number of para-hydroxylation sites is 2. The first kappa shape index (κ1) is 22.3. The number of ether oxygens (including phenoxy) is 1. The largest absolute Gasteiger partial charge is 0.495 e. The van der Waals surface area contributed by atoms with Crippen LogP contribution >= 0.6 is 11.8 Å². The van der Waals surface area contributed by atoms with Crippen LogP contribution in [0.25, 0.3) is 16.7 Å². The minimum absolute atomic E-state index is 0.0451. The molecular weight excluding hydrogens is 440 g/mol. The Balaban J connectivity index is 1.68. The van der Waals surface area contributed by atoms with Gasteiger partial charge in [-0.05, 0) is 55.3 Å². The number of thioether (sulfide) groups is 1. The fraction of sp³-hybridized carbons (Fsp3) is 0.167. The molecule has 0 unspecified atom stereocenters. The quantitative estimate of drug-likeness (QED) is 0.228. The van der Waals surface area contributed by atoms with E-state index in [1.807, 2.05) is 60.9 Å². The van der Waals surface area contributed by atoms with Gasteiger partial charge in [0.1, 0.15) is 5.75 Å². The van der Waals surface area contributed by atoms with E-state index in [2.05, 4.69) is 10.3 Å². The zero-order chi connectivity index (χ0) is 23.5. The number of anilines is 1. The van der Waals surface area contributed by atoms with E-state index in [0.29, 0.717) is 21.9 Å². The predicted molar refractivity (Wildman–Crippen MR) is 130 cm³/mol. The number of hydrogen-bond acceptors (Lipinski definition) is 6.